The molecule has 0 aliphatic carbocycles. The lowest BCUT2D eigenvalue weighted by molar-refractivity contribution is 0.475. The number of nitrogens with two attached hydrogens (primary N) is 1. The number of anilines is 1. The minimum atomic E-state index is 0.229. The summed E-state index contributed by atoms with van der Waals surface area (Å²) < 4.78 is 0. The molecule has 0 saturated heterocycles. The molecule has 1 aromatic rings. The van der Waals surface area contributed by atoms with Gasteiger partial charge in [-0.2, -0.15) is 11.8 Å². The topological polar surface area (TPSA) is 46.2 Å². The van der Waals surface area contributed by atoms with E-state index in [0.29, 0.717) is 5.69 Å². The van der Waals surface area contributed by atoms with E-state index in [1.807, 2.05) is 12.3 Å². The molecule has 1 rings (SSSR count). The van der Waals surface area contributed by atoms with Crippen LogP contribution in [0.5, 0.6) is 5.75 Å². The van der Waals surface area contributed by atoms with Crippen molar-refractivity contribution in [3.05, 3.63) is 23.8 Å². The van der Waals surface area contributed by atoms with E-state index >= 15 is 0 Å². The Morgan fingerprint density at radius 2 is 2.27 bits per heavy atom. The van der Waals surface area contributed by atoms with E-state index in [1.165, 1.54) is 0 Å². The van der Waals surface area contributed by atoms with Crippen molar-refractivity contribution in [3.63, 3.8) is 0 Å². The van der Waals surface area contributed by atoms with Crippen LogP contribution in [0.3, 0.4) is 0 Å². The van der Waals surface area contributed by atoms with Gasteiger partial charge in [-0.15, -0.1) is 0 Å². The molecule has 0 aliphatic rings. The molecular formula is C8H11NOS. The third-order valence-corrected chi connectivity index (χ3v) is 2.03. The average molecular weight is 169 g/mol. The number of nitrogen functional groups attached to an aromatic ring is 1. The fourth-order valence-corrected chi connectivity index (χ4v) is 1.44. The van der Waals surface area contributed by atoms with Crippen LogP contribution in [-0.4, -0.2) is 11.4 Å². The van der Waals surface area contributed by atoms with Gasteiger partial charge in [0.05, 0.1) is 0 Å². The first kappa shape index (κ1) is 8.27. The molecule has 0 aliphatic heterocycles. The Morgan fingerprint density at radius 3 is 2.82 bits per heavy atom. The lowest BCUT2D eigenvalue weighted by atomic mass is 10.2. The normalized spacial score (nSPS) is 9.91. The van der Waals surface area contributed by atoms with Gasteiger partial charge in [-0.3, -0.25) is 0 Å². The summed E-state index contributed by atoms with van der Waals surface area (Å²) in [5, 5.41) is 9.02. The molecule has 2 nitrogen and oxygen atoms in total. The van der Waals surface area contributed by atoms with Crippen LogP contribution < -0.4 is 5.73 Å². The average Bonchev–Trinajstić information content (AvgIpc) is 1.95. The van der Waals surface area contributed by atoms with Gasteiger partial charge in [0.2, 0.25) is 0 Å². The molecule has 0 unspecified atom stereocenters. The standard InChI is InChI=1S/C8H11NOS/c1-11-5-6-2-3-7(10)4-8(6)9/h2-4,10H,5,9H2,1H3. The Hall–Kier alpha value is -0.830. The Morgan fingerprint density at radius 1 is 1.55 bits per heavy atom. The zero-order chi connectivity index (χ0) is 8.27. The highest BCUT2D eigenvalue weighted by atomic mass is 32.2. The fourth-order valence-electron chi connectivity index (χ4n) is 0.869. The van der Waals surface area contributed by atoms with Crippen LogP contribution in [0.4, 0.5) is 5.69 Å². The van der Waals surface area contributed by atoms with Crippen molar-refractivity contribution in [1.82, 2.24) is 0 Å². The van der Waals surface area contributed by atoms with Crippen LogP contribution in [0.2, 0.25) is 0 Å². The van der Waals surface area contributed by atoms with Crippen molar-refractivity contribution >= 4 is 17.4 Å². The van der Waals surface area contributed by atoms with Crippen molar-refractivity contribution < 1.29 is 5.11 Å². The highest BCUT2D eigenvalue weighted by Gasteiger charge is 1.97. The van der Waals surface area contributed by atoms with Gasteiger partial charge in [0, 0.05) is 17.5 Å². The summed E-state index contributed by atoms with van der Waals surface area (Å²) in [7, 11) is 0. The minimum absolute atomic E-state index is 0.229. The molecule has 0 radical (unpaired) electrons. The Balaban J connectivity index is 2.90. The fraction of sp³-hybridized carbons (Fsp3) is 0.250. The first-order valence-electron chi connectivity index (χ1n) is 3.30. The van der Waals surface area contributed by atoms with E-state index in [2.05, 4.69) is 0 Å². The molecule has 3 heteroatoms. The molecule has 0 amide bonds. The van der Waals surface area contributed by atoms with Crippen LogP contribution in [0.25, 0.3) is 0 Å². The molecule has 0 spiro atoms. The number of thioether (sulfide) groups is 1. The summed E-state index contributed by atoms with van der Waals surface area (Å²) in [4.78, 5) is 0. The van der Waals surface area contributed by atoms with Gasteiger partial charge in [0.25, 0.3) is 0 Å². The second kappa shape index (κ2) is 3.53. The van der Waals surface area contributed by atoms with Gasteiger partial charge in [-0.25, -0.2) is 0 Å². The van der Waals surface area contributed by atoms with E-state index < -0.39 is 0 Å². The van der Waals surface area contributed by atoms with Crippen molar-refractivity contribution in [2.24, 2.45) is 0 Å². The lowest BCUT2D eigenvalue weighted by Gasteiger charge is -2.02. The first-order valence-corrected chi connectivity index (χ1v) is 4.69. The SMILES string of the molecule is CSCc1ccc(O)cc1N. The van der Waals surface area contributed by atoms with E-state index in [0.717, 1.165) is 11.3 Å². The molecule has 1 aromatic carbocycles. The zero-order valence-corrected chi connectivity index (χ0v) is 7.19. The van der Waals surface area contributed by atoms with Crippen LogP contribution in [0.1, 0.15) is 5.56 Å². The molecule has 11 heavy (non-hydrogen) atoms. The van der Waals surface area contributed by atoms with Gasteiger partial charge in [0.15, 0.2) is 0 Å². The van der Waals surface area contributed by atoms with Crippen molar-refractivity contribution in [1.29, 1.82) is 0 Å². The molecule has 60 valence electrons. The third-order valence-electron chi connectivity index (χ3n) is 1.43. The maximum atomic E-state index is 9.02. The zero-order valence-electron chi connectivity index (χ0n) is 6.37. The van der Waals surface area contributed by atoms with Crippen LogP contribution >= 0.6 is 11.8 Å². The number of benzene rings is 1. The maximum absolute atomic E-state index is 9.02. The summed E-state index contributed by atoms with van der Waals surface area (Å²) >= 11 is 1.71. The number of hydrogen-bond acceptors (Lipinski definition) is 3. The minimum Gasteiger partial charge on any atom is -0.508 e. The number of rotatable bonds is 2. The number of phenols is 1. The predicted octanol–water partition coefficient (Wildman–Crippen LogP) is 1.84. The van der Waals surface area contributed by atoms with Crippen molar-refractivity contribution in [2.45, 2.75) is 5.75 Å². The summed E-state index contributed by atoms with van der Waals surface area (Å²) in [5.74, 6) is 1.12. The number of aromatic hydroxyl groups is 1. The molecule has 0 bridgehead atoms. The largest absolute Gasteiger partial charge is 0.508 e. The highest BCUT2D eigenvalue weighted by Crippen LogP contribution is 2.21. The number of phenolic OH excluding ortho intramolecular Hbond substituents is 1. The van der Waals surface area contributed by atoms with Crippen LogP contribution in [-0.2, 0) is 5.75 Å². The lowest BCUT2D eigenvalue weighted by Crippen LogP contribution is -1.91. The highest BCUT2D eigenvalue weighted by molar-refractivity contribution is 7.97. The summed E-state index contributed by atoms with van der Waals surface area (Å²) in [5.41, 5.74) is 7.38. The summed E-state index contributed by atoms with van der Waals surface area (Å²) in [6.45, 7) is 0. The molecule has 0 fully saturated rings. The quantitative estimate of drug-likeness (QED) is 0.664. The van der Waals surface area contributed by atoms with Crippen molar-refractivity contribution in [2.75, 3.05) is 12.0 Å². The molecule has 0 atom stereocenters. The van der Waals surface area contributed by atoms with Gasteiger partial charge < -0.3 is 10.8 Å². The van der Waals surface area contributed by atoms with Gasteiger partial charge in [-0.1, -0.05) is 6.07 Å². The second-order valence-corrected chi connectivity index (χ2v) is 3.18. The van der Waals surface area contributed by atoms with Crippen LogP contribution in [0.15, 0.2) is 18.2 Å². The van der Waals surface area contributed by atoms with Crippen LogP contribution in [0, 0.1) is 0 Å². The summed E-state index contributed by atoms with van der Waals surface area (Å²) in [6.07, 6.45) is 2.02. The van der Waals surface area contributed by atoms with E-state index in [4.69, 9.17) is 10.8 Å². The first-order chi connectivity index (χ1) is 5.24. The second-order valence-electron chi connectivity index (χ2n) is 2.32. The van der Waals surface area contributed by atoms with Gasteiger partial charge >= 0.3 is 0 Å². The molecular weight excluding hydrogens is 158 g/mol. The monoisotopic (exact) mass is 169 g/mol. The molecule has 3 N–H and O–H groups in total. The van der Waals surface area contributed by atoms with E-state index in [1.54, 1.807) is 23.9 Å². The number of hydrogen-bond donors (Lipinski definition) is 2. The van der Waals surface area contributed by atoms with Gasteiger partial charge in [-0.05, 0) is 17.9 Å². The molecule has 0 aromatic heterocycles. The maximum Gasteiger partial charge on any atom is 0.117 e. The van der Waals surface area contributed by atoms with E-state index in [9.17, 15) is 0 Å². The predicted molar refractivity (Wildman–Crippen MR) is 49.7 cm³/mol. The summed E-state index contributed by atoms with van der Waals surface area (Å²) in [6, 6.07) is 5.08. The van der Waals surface area contributed by atoms with E-state index in [-0.39, 0.29) is 5.75 Å². The molecule has 0 saturated carbocycles. The smallest absolute Gasteiger partial charge is 0.117 e. The third kappa shape index (κ3) is 2.05. The Bertz CT molecular complexity index is 250. The Kier molecular flexibility index (Phi) is 2.65. The molecule has 0 heterocycles. The van der Waals surface area contributed by atoms with Crippen molar-refractivity contribution in [3.8, 4) is 5.75 Å². The van der Waals surface area contributed by atoms with Gasteiger partial charge in [0.1, 0.15) is 5.75 Å². The Labute approximate surface area is 70.4 Å².